The maximum absolute atomic E-state index is 11.4. The molecular weight excluding hydrogens is 252 g/mol. The van der Waals surface area contributed by atoms with Crippen LogP contribution in [0.25, 0.3) is 0 Å². The maximum atomic E-state index is 11.4. The highest BCUT2D eigenvalue weighted by molar-refractivity contribution is 5.66. The molecule has 0 aromatic rings. The number of rotatable bonds is 1. The first-order valence-corrected chi connectivity index (χ1v) is 8.13. The van der Waals surface area contributed by atoms with E-state index in [1.54, 1.807) is 0 Å². The van der Waals surface area contributed by atoms with Gasteiger partial charge in [0.2, 0.25) is 0 Å². The molecule has 3 rings (SSSR count). The predicted molar refractivity (Wildman–Crippen MR) is 77.2 cm³/mol. The van der Waals surface area contributed by atoms with Crippen molar-refractivity contribution in [2.24, 2.45) is 23.7 Å². The van der Waals surface area contributed by atoms with E-state index >= 15 is 0 Å². The van der Waals surface area contributed by atoms with Gasteiger partial charge in [0.1, 0.15) is 6.10 Å². The molecule has 2 saturated carbocycles. The molecule has 1 spiro atoms. The third-order valence-electron chi connectivity index (χ3n) is 6.43. The summed E-state index contributed by atoms with van der Waals surface area (Å²) < 4.78 is 12.3. The average molecular weight is 280 g/mol. The first-order valence-electron chi connectivity index (χ1n) is 8.13. The quantitative estimate of drug-likeness (QED) is 0.689. The van der Waals surface area contributed by atoms with Gasteiger partial charge in [-0.1, -0.05) is 13.8 Å². The molecule has 0 N–H and O–H groups in total. The summed E-state index contributed by atoms with van der Waals surface area (Å²) in [5.41, 5.74) is -0.0577. The Morgan fingerprint density at radius 2 is 1.95 bits per heavy atom. The Bertz CT molecular complexity index is 416. The first kappa shape index (κ1) is 14.4. The van der Waals surface area contributed by atoms with E-state index in [1.165, 1.54) is 19.8 Å². The van der Waals surface area contributed by atoms with Crippen LogP contribution in [-0.2, 0) is 14.3 Å². The Morgan fingerprint density at radius 3 is 2.60 bits per heavy atom. The summed E-state index contributed by atoms with van der Waals surface area (Å²) >= 11 is 0. The molecule has 1 saturated heterocycles. The second kappa shape index (κ2) is 4.46. The highest BCUT2D eigenvalue weighted by atomic mass is 16.5. The van der Waals surface area contributed by atoms with Crippen molar-refractivity contribution in [1.29, 1.82) is 0 Å². The van der Waals surface area contributed by atoms with Gasteiger partial charge in [-0.3, -0.25) is 4.79 Å². The largest absolute Gasteiger partial charge is 0.462 e. The molecule has 0 radical (unpaired) electrons. The van der Waals surface area contributed by atoms with Crippen LogP contribution >= 0.6 is 0 Å². The van der Waals surface area contributed by atoms with Crippen LogP contribution in [0.5, 0.6) is 0 Å². The molecule has 3 aliphatic rings. The molecule has 20 heavy (non-hydrogen) atoms. The number of fused-ring (bicyclic) bond motifs is 1. The minimum absolute atomic E-state index is 0.0302. The Morgan fingerprint density at radius 1 is 1.25 bits per heavy atom. The minimum Gasteiger partial charge on any atom is -0.462 e. The first-order chi connectivity index (χ1) is 9.26. The summed E-state index contributed by atoms with van der Waals surface area (Å²) in [4.78, 5) is 11.4. The molecule has 3 fully saturated rings. The van der Waals surface area contributed by atoms with E-state index < -0.39 is 0 Å². The van der Waals surface area contributed by atoms with Gasteiger partial charge in [-0.2, -0.15) is 0 Å². The van der Waals surface area contributed by atoms with Crippen molar-refractivity contribution in [3.05, 3.63) is 0 Å². The molecule has 3 nitrogen and oxygen atoms in total. The van der Waals surface area contributed by atoms with Crippen molar-refractivity contribution >= 4 is 5.97 Å². The van der Waals surface area contributed by atoms with Crippen LogP contribution in [-0.4, -0.2) is 23.3 Å². The third-order valence-corrected chi connectivity index (χ3v) is 6.43. The Kier molecular flexibility index (Phi) is 3.20. The van der Waals surface area contributed by atoms with Crippen LogP contribution in [0.15, 0.2) is 0 Å². The summed E-state index contributed by atoms with van der Waals surface area (Å²) in [6.45, 7) is 10.6. The van der Waals surface area contributed by atoms with Gasteiger partial charge in [0.15, 0.2) is 0 Å². The zero-order chi connectivity index (χ0) is 14.7. The summed E-state index contributed by atoms with van der Waals surface area (Å²) in [5, 5.41) is 0. The van der Waals surface area contributed by atoms with Crippen LogP contribution in [0.1, 0.15) is 60.3 Å². The number of ether oxygens (including phenoxy) is 2. The van der Waals surface area contributed by atoms with Gasteiger partial charge in [-0.05, 0) is 63.2 Å². The second-order valence-electron chi connectivity index (χ2n) is 7.89. The molecule has 6 atom stereocenters. The standard InChI is InChI=1S/C17H28O3/c1-10-6-7-14-11(2)15(19-12(3)18)8-13-9-17(10,14)20-16(13,4)5/h10-11,13-15H,6-9H2,1-5H3/t10-,11-,13+,14-,15-,17-/m1/s1. The van der Waals surface area contributed by atoms with Crippen molar-refractivity contribution in [2.45, 2.75) is 77.6 Å². The van der Waals surface area contributed by atoms with Crippen LogP contribution in [0.3, 0.4) is 0 Å². The average Bonchev–Trinajstić information content (AvgIpc) is 2.72. The lowest BCUT2D eigenvalue weighted by atomic mass is 9.76. The molecule has 0 aromatic heterocycles. The topological polar surface area (TPSA) is 35.5 Å². The molecule has 0 amide bonds. The SMILES string of the molecule is CC(=O)O[C@@H]1C[C@H]2C[C@@]3(OC2(C)C)[C@H](C)CC[C@@H]3[C@H]1C. The van der Waals surface area contributed by atoms with Crippen molar-refractivity contribution in [2.75, 3.05) is 0 Å². The fourth-order valence-electron chi connectivity index (χ4n) is 5.26. The number of carbonyl (C=O) groups is 1. The maximum Gasteiger partial charge on any atom is 0.302 e. The van der Waals surface area contributed by atoms with Crippen molar-refractivity contribution in [3.63, 3.8) is 0 Å². The number of carbonyl (C=O) groups excluding carboxylic acids is 1. The number of esters is 1. The Labute approximate surface area is 122 Å². The minimum atomic E-state index is -0.140. The smallest absolute Gasteiger partial charge is 0.302 e. The van der Waals surface area contributed by atoms with Gasteiger partial charge in [0.05, 0.1) is 11.2 Å². The van der Waals surface area contributed by atoms with E-state index in [9.17, 15) is 4.79 Å². The molecular formula is C17H28O3. The molecule has 1 heterocycles. The zero-order valence-corrected chi connectivity index (χ0v) is 13.4. The van der Waals surface area contributed by atoms with Crippen molar-refractivity contribution in [3.8, 4) is 0 Å². The fraction of sp³-hybridized carbons (Fsp3) is 0.941. The van der Waals surface area contributed by atoms with Gasteiger partial charge in [-0.15, -0.1) is 0 Å². The summed E-state index contributed by atoms with van der Waals surface area (Å²) in [6.07, 6.45) is 4.62. The summed E-state index contributed by atoms with van der Waals surface area (Å²) in [5.74, 6) is 1.92. The van der Waals surface area contributed by atoms with Crippen LogP contribution < -0.4 is 0 Å². The molecule has 1 aliphatic heterocycles. The van der Waals surface area contributed by atoms with E-state index in [0.717, 1.165) is 12.8 Å². The zero-order valence-electron chi connectivity index (χ0n) is 13.4. The highest BCUT2D eigenvalue weighted by Crippen LogP contribution is 2.61. The van der Waals surface area contributed by atoms with Gasteiger partial charge >= 0.3 is 5.97 Å². The van der Waals surface area contributed by atoms with Crippen LogP contribution in [0.2, 0.25) is 0 Å². The molecule has 3 heteroatoms. The van der Waals surface area contributed by atoms with Crippen molar-refractivity contribution < 1.29 is 14.3 Å². The second-order valence-corrected chi connectivity index (χ2v) is 7.89. The predicted octanol–water partition coefficient (Wildman–Crippen LogP) is 3.56. The lowest BCUT2D eigenvalue weighted by Gasteiger charge is -2.42. The molecule has 0 aromatic carbocycles. The molecule has 2 bridgehead atoms. The Hall–Kier alpha value is -0.570. The van der Waals surface area contributed by atoms with Crippen LogP contribution in [0, 0.1) is 23.7 Å². The molecule has 0 unspecified atom stereocenters. The number of hydrogen-bond donors (Lipinski definition) is 0. The lowest BCUT2D eigenvalue weighted by Crippen LogP contribution is -2.47. The van der Waals surface area contributed by atoms with Gasteiger partial charge < -0.3 is 9.47 Å². The van der Waals surface area contributed by atoms with E-state index in [1.807, 2.05) is 0 Å². The van der Waals surface area contributed by atoms with Gasteiger partial charge in [0.25, 0.3) is 0 Å². The van der Waals surface area contributed by atoms with Gasteiger partial charge in [0, 0.05) is 6.92 Å². The molecule has 2 aliphatic carbocycles. The van der Waals surface area contributed by atoms with Crippen LogP contribution in [0.4, 0.5) is 0 Å². The van der Waals surface area contributed by atoms with E-state index in [4.69, 9.17) is 9.47 Å². The van der Waals surface area contributed by atoms with Crippen molar-refractivity contribution in [1.82, 2.24) is 0 Å². The monoisotopic (exact) mass is 280 g/mol. The highest BCUT2D eigenvalue weighted by Gasteiger charge is 2.63. The van der Waals surface area contributed by atoms with E-state index in [-0.39, 0.29) is 23.3 Å². The lowest BCUT2D eigenvalue weighted by molar-refractivity contribution is -0.173. The van der Waals surface area contributed by atoms with E-state index in [2.05, 4.69) is 27.7 Å². The fourth-order valence-corrected chi connectivity index (χ4v) is 5.26. The summed E-state index contributed by atoms with van der Waals surface area (Å²) in [6, 6.07) is 0. The Balaban J connectivity index is 1.96. The van der Waals surface area contributed by atoms with E-state index in [0.29, 0.717) is 23.7 Å². The molecule has 114 valence electrons. The normalized spacial score (nSPS) is 49.5. The third kappa shape index (κ3) is 1.93. The summed E-state index contributed by atoms with van der Waals surface area (Å²) in [7, 11) is 0. The van der Waals surface area contributed by atoms with Gasteiger partial charge in [-0.25, -0.2) is 0 Å². The number of hydrogen-bond acceptors (Lipinski definition) is 3.